The Bertz CT molecular complexity index is 223. The molecule has 0 aromatic carbocycles. The maximum atomic E-state index is 9.52. The fraction of sp³-hybridized carbons (Fsp3) is 1.00. The summed E-state index contributed by atoms with van der Waals surface area (Å²) in [6.07, 6.45) is -7.94. The van der Waals surface area contributed by atoms with Crippen molar-refractivity contribution in [3.8, 4) is 0 Å². The molecule has 1 aliphatic heterocycles. The van der Waals surface area contributed by atoms with Gasteiger partial charge >= 0.3 is 0 Å². The van der Waals surface area contributed by atoms with Gasteiger partial charge in [0.2, 0.25) is 0 Å². The van der Waals surface area contributed by atoms with Crippen molar-refractivity contribution in [1.29, 1.82) is 0 Å². The van der Waals surface area contributed by atoms with E-state index >= 15 is 0 Å². The first-order valence-corrected chi connectivity index (χ1v) is 5.22. The molecule has 0 spiro atoms. The lowest BCUT2D eigenvalue weighted by molar-refractivity contribution is -0.304. The molecule has 1 heterocycles. The van der Waals surface area contributed by atoms with Crippen LogP contribution in [0.1, 0.15) is 0 Å². The number of hydrogen-bond acceptors (Lipinski definition) is 8. The van der Waals surface area contributed by atoms with Crippen LogP contribution in [0.2, 0.25) is 0 Å². The Morgan fingerprint density at radius 2 is 1.71 bits per heavy atom. The standard InChI is InChI=1S/C9H18O8/c10-1-4(12)3-16-9-8(15)7(14)6(13)5(2-11)17-9/h4-15H,1-3H2/t4-,5+,6+,7-,8+,9-/m1/s1. The van der Waals surface area contributed by atoms with Crippen molar-refractivity contribution in [3.63, 3.8) is 0 Å². The molecule has 0 aromatic rings. The molecule has 6 atom stereocenters. The maximum Gasteiger partial charge on any atom is 0.186 e. The fourth-order valence-corrected chi connectivity index (χ4v) is 1.46. The van der Waals surface area contributed by atoms with Gasteiger partial charge < -0.3 is 40.1 Å². The van der Waals surface area contributed by atoms with Crippen LogP contribution in [0.3, 0.4) is 0 Å². The zero-order chi connectivity index (χ0) is 13.0. The monoisotopic (exact) mass is 254 g/mol. The summed E-state index contributed by atoms with van der Waals surface area (Å²) in [7, 11) is 0. The SMILES string of the molecule is OC[C@@H](O)CO[C@@H]1O[C@@H](CO)[C@H](O)[C@@H](O)[C@@H]1O. The molecule has 1 rings (SSSR count). The van der Waals surface area contributed by atoms with E-state index in [1.807, 2.05) is 0 Å². The second-order valence-corrected chi connectivity index (χ2v) is 3.87. The molecular weight excluding hydrogens is 236 g/mol. The molecule has 1 fully saturated rings. The van der Waals surface area contributed by atoms with Crippen molar-refractivity contribution in [2.24, 2.45) is 0 Å². The van der Waals surface area contributed by atoms with E-state index in [1.54, 1.807) is 0 Å². The lowest BCUT2D eigenvalue weighted by Crippen LogP contribution is -2.59. The Labute approximate surface area is 97.6 Å². The summed E-state index contributed by atoms with van der Waals surface area (Å²) >= 11 is 0. The van der Waals surface area contributed by atoms with Crippen LogP contribution in [-0.4, -0.2) is 87.3 Å². The van der Waals surface area contributed by atoms with Gasteiger partial charge in [0.15, 0.2) is 6.29 Å². The van der Waals surface area contributed by atoms with Crippen molar-refractivity contribution in [1.82, 2.24) is 0 Å². The summed E-state index contributed by atoms with van der Waals surface area (Å²) in [5.74, 6) is 0. The maximum absolute atomic E-state index is 9.52. The van der Waals surface area contributed by atoms with Gasteiger partial charge in [-0.2, -0.15) is 0 Å². The molecule has 6 N–H and O–H groups in total. The molecule has 102 valence electrons. The molecule has 8 heteroatoms. The van der Waals surface area contributed by atoms with Gasteiger partial charge in [0, 0.05) is 0 Å². The first-order valence-electron chi connectivity index (χ1n) is 5.22. The average Bonchev–Trinajstić information content (AvgIpc) is 2.34. The highest BCUT2D eigenvalue weighted by atomic mass is 16.7. The minimum Gasteiger partial charge on any atom is -0.394 e. The molecule has 8 nitrogen and oxygen atoms in total. The van der Waals surface area contributed by atoms with Gasteiger partial charge in [0.25, 0.3) is 0 Å². The topological polar surface area (TPSA) is 140 Å². The van der Waals surface area contributed by atoms with E-state index in [9.17, 15) is 15.3 Å². The van der Waals surface area contributed by atoms with Gasteiger partial charge in [-0.3, -0.25) is 0 Å². The summed E-state index contributed by atoms with van der Waals surface area (Å²) in [6, 6.07) is 0. The Morgan fingerprint density at radius 1 is 1.06 bits per heavy atom. The zero-order valence-electron chi connectivity index (χ0n) is 9.09. The lowest BCUT2D eigenvalue weighted by atomic mass is 9.99. The molecule has 17 heavy (non-hydrogen) atoms. The van der Waals surface area contributed by atoms with E-state index in [2.05, 4.69) is 0 Å². The number of hydrogen-bond donors (Lipinski definition) is 6. The molecule has 1 saturated heterocycles. The van der Waals surface area contributed by atoms with Crippen molar-refractivity contribution in [2.45, 2.75) is 36.8 Å². The van der Waals surface area contributed by atoms with E-state index in [0.717, 1.165) is 0 Å². The highest BCUT2D eigenvalue weighted by Gasteiger charge is 2.44. The highest BCUT2D eigenvalue weighted by Crippen LogP contribution is 2.21. The molecule has 0 aliphatic carbocycles. The molecule has 0 saturated carbocycles. The van der Waals surface area contributed by atoms with Crippen LogP contribution in [0.4, 0.5) is 0 Å². The van der Waals surface area contributed by atoms with Crippen molar-refractivity contribution >= 4 is 0 Å². The summed E-state index contributed by atoms with van der Waals surface area (Å²) in [5.41, 5.74) is 0. The van der Waals surface area contributed by atoms with Crippen molar-refractivity contribution in [2.75, 3.05) is 19.8 Å². The largest absolute Gasteiger partial charge is 0.394 e. The first kappa shape index (κ1) is 14.7. The summed E-state index contributed by atoms with van der Waals surface area (Å²) in [5, 5.41) is 54.9. The number of aliphatic hydroxyl groups excluding tert-OH is 6. The molecule has 1 aliphatic rings. The Balaban J connectivity index is 2.53. The van der Waals surface area contributed by atoms with Gasteiger partial charge in [-0.25, -0.2) is 0 Å². The van der Waals surface area contributed by atoms with Crippen LogP contribution in [-0.2, 0) is 9.47 Å². The average molecular weight is 254 g/mol. The molecule has 0 amide bonds. The van der Waals surface area contributed by atoms with Gasteiger partial charge in [-0.15, -0.1) is 0 Å². The molecule has 0 bridgehead atoms. The second-order valence-electron chi connectivity index (χ2n) is 3.87. The lowest BCUT2D eigenvalue weighted by Gasteiger charge is -2.39. The first-order chi connectivity index (χ1) is 8.01. The van der Waals surface area contributed by atoms with Crippen LogP contribution < -0.4 is 0 Å². The normalized spacial score (nSPS) is 40.2. The van der Waals surface area contributed by atoms with Gasteiger partial charge in [0.05, 0.1) is 19.8 Å². The third-order valence-corrected chi connectivity index (χ3v) is 2.51. The van der Waals surface area contributed by atoms with E-state index < -0.39 is 50.0 Å². The Kier molecular flexibility index (Phi) is 5.70. The van der Waals surface area contributed by atoms with E-state index in [1.165, 1.54) is 0 Å². The third kappa shape index (κ3) is 3.57. The van der Waals surface area contributed by atoms with Crippen LogP contribution in [0, 0.1) is 0 Å². The molecule has 0 radical (unpaired) electrons. The second kappa shape index (κ2) is 6.57. The predicted octanol–water partition coefficient (Wildman–Crippen LogP) is -3.84. The fourth-order valence-electron chi connectivity index (χ4n) is 1.46. The quantitative estimate of drug-likeness (QED) is 0.293. The molecule has 0 unspecified atom stereocenters. The molecule has 0 aromatic heterocycles. The zero-order valence-corrected chi connectivity index (χ0v) is 9.09. The minimum absolute atomic E-state index is 0.306. The van der Waals surface area contributed by atoms with E-state index in [4.69, 9.17) is 24.8 Å². The summed E-state index contributed by atoms with van der Waals surface area (Å²) in [4.78, 5) is 0. The van der Waals surface area contributed by atoms with Crippen LogP contribution in [0.25, 0.3) is 0 Å². The van der Waals surface area contributed by atoms with Crippen LogP contribution in [0.5, 0.6) is 0 Å². The number of aliphatic hydroxyl groups is 6. The van der Waals surface area contributed by atoms with Crippen LogP contribution in [0.15, 0.2) is 0 Å². The Hall–Kier alpha value is -0.320. The number of ether oxygens (including phenoxy) is 2. The minimum atomic E-state index is -1.52. The van der Waals surface area contributed by atoms with Crippen molar-refractivity contribution in [3.05, 3.63) is 0 Å². The van der Waals surface area contributed by atoms with E-state index in [-0.39, 0.29) is 6.61 Å². The Morgan fingerprint density at radius 3 is 2.24 bits per heavy atom. The van der Waals surface area contributed by atoms with Gasteiger partial charge in [-0.05, 0) is 0 Å². The van der Waals surface area contributed by atoms with Gasteiger partial charge in [0.1, 0.15) is 30.5 Å². The highest BCUT2D eigenvalue weighted by molar-refractivity contribution is 4.88. The van der Waals surface area contributed by atoms with Crippen LogP contribution >= 0.6 is 0 Å². The van der Waals surface area contributed by atoms with E-state index in [0.29, 0.717) is 0 Å². The van der Waals surface area contributed by atoms with Gasteiger partial charge in [-0.1, -0.05) is 0 Å². The predicted molar refractivity (Wildman–Crippen MR) is 52.8 cm³/mol. The summed E-state index contributed by atoms with van der Waals surface area (Å²) < 4.78 is 9.93. The number of rotatable bonds is 5. The smallest absolute Gasteiger partial charge is 0.186 e. The third-order valence-electron chi connectivity index (χ3n) is 2.51. The molecular formula is C9H18O8. The summed E-state index contributed by atoms with van der Waals surface area (Å²) in [6.45, 7) is -1.37. The van der Waals surface area contributed by atoms with Crippen molar-refractivity contribution < 1.29 is 40.1 Å².